The fourth-order valence-corrected chi connectivity index (χ4v) is 2.28. The van der Waals surface area contributed by atoms with E-state index in [9.17, 15) is 4.79 Å². The predicted octanol–water partition coefficient (Wildman–Crippen LogP) is 1.85. The van der Waals surface area contributed by atoms with E-state index in [4.69, 9.17) is 19.6 Å². The number of carbonyl (C=O) groups is 1. The fraction of sp³-hybridized carbons (Fsp3) is 0.412. The zero-order valence-electron chi connectivity index (χ0n) is 13.4. The zero-order chi connectivity index (χ0) is 16.7. The van der Waals surface area contributed by atoms with Gasteiger partial charge in [-0.05, 0) is 6.92 Å². The normalized spacial score (nSPS) is 16.9. The maximum atomic E-state index is 11.9. The van der Waals surface area contributed by atoms with Crippen molar-refractivity contribution in [1.82, 2.24) is 5.32 Å². The molecule has 23 heavy (non-hydrogen) atoms. The van der Waals surface area contributed by atoms with Crippen LogP contribution >= 0.6 is 0 Å². The first kappa shape index (κ1) is 17.2. The molecule has 0 radical (unpaired) electrons. The minimum atomic E-state index is -0.584. The van der Waals surface area contributed by atoms with E-state index in [1.54, 1.807) is 12.1 Å². The van der Waals surface area contributed by atoms with Gasteiger partial charge in [0.25, 0.3) is 0 Å². The lowest BCUT2D eigenvalue weighted by Gasteiger charge is -2.22. The second-order valence-corrected chi connectivity index (χ2v) is 5.33. The molecule has 1 aliphatic rings. The van der Waals surface area contributed by atoms with Crippen molar-refractivity contribution in [3.05, 3.63) is 47.7 Å². The minimum absolute atomic E-state index is 0.115. The summed E-state index contributed by atoms with van der Waals surface area (Å²) < 4.78 is 15.8. The molecule has 2 N–H and O–H groups in total. The first-order chi connectivity index (χ1) is 11.1. The highest BCUT2D eigenvalue weighted by atomic mass is 16.7. The third-order valence-corrected chi connectivity index (χ3v) is 3.61. The monoisotopic (exact) mass is 318 g/mol. The summed E-state index contributed by atoms with van der Waals surface area (Å²) in [7, 11) is 1.30. The van der Waals surface area contributed by atoms with Gasteiger partial charge in [-0.25, -0.2) is 4.79 Å². The summed E-state index contributed by atoms with van der Waals surface area (Å²) >= 11 is 0. The Morgan fingerprint density at radius 1 is 1.35 bits per heavy atom. The number of hydrogen-bond acceptors (Lipinski definition) is 6. The minimum Gasteiger partial charge on any atom is -0.465 e. The lowest BCUT2D eigenvalue weighted by molar-refractivity contribution is -0.145. The van der Waals surface area contributed by atoms with Gasteiger partial charge in [0, 0.05) is 24.7 Å². The number of esters is 1. The Labute approximate surface area is 135 Å². The standard InChI is InChI=1S/C17H22N2O4/c1-17(22-10-11-23-17)8-9-19-12-14(16(20)21-2)15(18)13-6-4-3-5-7-13/h3-7,12,18-19H,8-11H2,1-2H3/b14-12+,18-15?. The summed E-state index contributed by atoms with van der Waals surface area (Å²) in [4.78, 5) is 11.9. The third kappa shape index (κ3) is 4.64. The molecule has 1 fully saturated rings. The number of benzene rings is 1. The van der Waals surface area contributed by atoms with Gasteiger partial charge in [-0.3, -0.25) is 5.41 Å². The maximum Gasteiger partial charge on any atom is 0.341 e. The summed E-state index contributed by atoms with van der Waals surface area (Å²) in [5, 5.41) is 11.2. The number of ether oxygens (including phenoxy) is 3. The lowest BCUT2D eigenvalue weighted by Crippen LogP contribution is -2.30. The molecule has 1 saturated heterocycles. The molecule has 1 heterocycles. The smallest absolute Gasteiger partial charge is 0.341 e. The van der Waals surface area contributed by atoms with Crippen molar-refractivity contribution in [1.29, 1.82) is 5.41 Å². The van der Waals surface area contributed by atoms with E-state index in [-0.39, 0.29) is 11.3 Å². The quantitative estimate of drug-likeness (QED) is 0.347. The van der Waals surface area contributed by atoms with Crippen LogP contribution in [0.5, 0.6) is 0 Å². The van der Waals surface area contributed by atoms with Crippen LogP contribution in [0.4, 0.5) is 0 Å². The van der Waals surface area contributed by atoms with Gasteiger partial charge in [0.2, 0.25) is 0 Å². The van der Waals surface area contributed by atoms with Gasteiger partial charge in [0.05, 0.1) is 26.0 Å². The molecule has 0 spiro atoms. The number of carbonyl (C=O) groups excluding carboxylic acids is 1. The molecule has 124 valence electrons. The number of hydrogen-bond donors (Lipinski definition) is 2. The molecule has 1 aromatic rings. The summed E-state index contributed by atoms with van der Waals surface area (Å²) in [6.45, 7) is 3.63. The van der Waals surface area contributed by atoms with E-state index in [0.29, 0.717) is 31.7 Å². The number of rotatable bonds is 7. The fourth-order valence-electron chi connectivity index (χ4n) is 2.28. The van der Waals surface area contributed by atoms with Crippen molar-refractivity contribution in [3.8, 4) is 0 Å². The molecular weight excluding hydrogens is 296 g/mol. The topological polar surface area (TPSA) is 80.6 Å². The molecule has 0 bridgehead atoms. The average molecular weight is 318 g/mol. The van der Waals surface area contributed by atoms with Crippen molar-refractivity contribution < 1.29 is 19.0 Å². The van der Waals surface area contributed by atoms with E-state index in [0.717, 1.165) is 0 Å². The van der Waals surface area contributed by atoms with E-state index >= 15 is 0 Å². The van der Waals surface area contributed by atoms with Gasteiger partial charge >= 0.3 is 5.97 Å². The van der Waals surface area contributed by atoms with Crippen LogP contribution in [-0.2, 0) is 19.0 Å². The highest BCUT2D eigenvalue weighted by molar-refractivity contribution is 6.25. The lowest BCUT2D eigenvalue weighted by atomic mass is 10.0. The largest absolute Gasteiger partial charge is 0.465 e. The van der Waals surface area contributed by atoms with Crippen molar-refractivity contribution in [2.24, 2.45) is 0 Å². The van der Waals surface area contributed by atoms with Crippen LogP contribution in [0.2, 0.25) is 0 Å². The second-order valence-electron chi connectivity index (χ2n) is 5.33. The van der Waals surface area contributed by atoms with Crippen LogP contribution in [0.3, 0.4) is 0 Å². The van der Waals surface area contributed by atoms with Gasteiger partial charge in [-0.1, -0.05) is 30.3 Å². The molecule has 1 aliphatic heterocycles. The molecule has 0 unspecified atom stereocenters. The molecule has 0 amide bonds. The Hall–Kier alpha value is -2.18. The zero-order valence-corrected chi connectivity index (χ0v) is 13.4. The molecular formula is C17H22N2O4. The van der Waals surface area contributed by atoms with Crippen LogP contribution in [0.1, 0.15) is 18.9 Å². The van der Waals surface area contributed by atoms with E-state index in [1.165, 1.54) is 13.3 Å². The first-order valence-electron chi connectivity index (χ1n) is 7.50. The van der Waals surface area contributed by atoms with E-state index in [2.05, 4.69) is 5.32 Å². The van der Waals surface area contributed by atoms with Gasteiger partial charge in [-0.15, -0.1) is 0 Å². The Morgan fingerprint density at radius 3 is 2.61 bits per heavy atom. The van der Waals surface area contributed by atoms with Crippen LogP contribution in [0.15, 0.2) is 42.1 Å². The van der Waals surface area contributed by atoms with E-state index in [1.807, 2.05) is 25.1 Å². The van der Waals surface area contributed by atoms with Gasteiger partial charge < -0.3 is 19.5 Å². The van der Waals surface area contributed by atoms with Crippen LogP contribution < -0.4 is 5.32 Å². The molecule has 0 aromatic heterocycles. The molecule has 6 heteroatoms. The Kier molecular flexibility index (Phi) is 5.90. The van der Waals surface area contributed by atoms with Gasteiger partial charge in [0.15, 0.2) is 5.79 Å². The molecule has 6 nitrogen and oxygen atoms in total. The number of nitrogens with one attached hydrogen (secondary N) is 2. The summed E-state index contributed by atoms with van der Waals surface area (Å²) in [5.74, 6) is -1.13. The van der Waals surface area contributed by atoms with Crippen LogP contribution in [-0.4, -0.2) is 44.3 Å². The number of methoxy groups -OCH3 is 1. The molecule has 0 atom stereocenters. The van der Waals surface area contributed by atoms with E-state index < -0.39 is 11.8 Å². The predicted molar refractivity (Wildman–Crippen MR) is 86.3 cm³/mol. The molecule has 0 aliphatic carbocycles. The van der Waals surface area contributed by atoms with Crippen molar-refractivity contribution in [3.63, 3.8) is 0 Å². The maximum absolute atomic E-state index is 11.9. The van der Waals surface area contributed by atoms with Crippen LogP contribution in [0, 0.1) is 5.41 Å². The Morgan fingerprint density at radius 2 is 2.00 bits per heavy atom. The first-order valence-corrected chi connectivity index (χ1v) is 7.50. The Balaban J connectivity index is 2.00. The van der Waals surface area contributed by atoms with Gasteiger partial charge in [0.1, 0.15) is 5.57 Å². The molecule has 2 rings (SSSR count). The second kappa shape index (κ2) is 7.89. The molecule has 1 aromatic carbocycles. The van der Waals surface area contributed by atoms with Crippen molar-refractivity contribution in [2.45, 2.75) is 19.1 Å². The summed E-state index contributed by atoms with van der Waals surface area (Å²) in [6, 6.07) is 9.06. The summed E-state index contributed by atoms with van der Waals surface area (Å²) in [5.41, 5.74) is 0.946. The summed E-state index contributed by atoms with van der Waals surface area (Å²) in [6.07, 6.45) is 2.15. The van der Waals surface area contributed by atoms with Gasteiger partial charge in [-0.2, -0.15) is 0 Å². The highest BCUT2D eigenvalue weighted by Gasteiger charge is 2.30. The van der Waals surface area contributed by atoms with Crippen molar-refractivity contribution in [2.75, 3.05) is 26.9 Å². The van der Waals surface area contributed by atoms with Crippen molar-refractivity contribution >= 4 is 11.7 Å². The highest BCUT2D eigenvalue weighted by Crippen LogP contribution is 2.21. The SMILES string of the molecule is COC(=O)/C(=C/NCCC1(C)OCCO1)C(=N)c1ccccc1. The molecule has 0 saturated carbocycles. The average Bonchev–Trinajstić information content (AvgIpc) is 3.01. The Bertz CT molecular complexity index is 578. The third-order valence-electron chi connectivity index (χ3n) is 3.61. The van der Waals surface area contributed by atoms with Crippen LogP contribution in [0.25, 0.3) is 0 Å².